The van der Waals surface area contributed by atoms with Crippen molar-refractivity contribution in [3.63, 3.8) is 0 Å². The van der Waals surface area contributed by atoms with Gasteiger partial charge in [-0.15, -0.1) is 0 Å². The van der Waals surface area contributed by atoms with Gasteiger partial charge in [-0.1, -0.05) is 0 Å². The molecule has 11 heavy (non-hydrogen) atoms. The van der Waals surface area contributed by atoms with E-state index in [9.17, 15) is 0 Å². The fourth-order valence-corrected chi connectivity index (χ4v) is 0. The van der Waals surface area contributed by atoms with E-state index in [1.807, 2.05) is 0 Å². The molecule has 0 aliphatic carbocycles. The normalized spacial score (nSPS) is 7.45. The average Bonchev–Trinajstić information content (AvgIpc) is 1.19. The van der Waals surface area contributed by atoms with Crippen LogP contribution in [0.2, 0.25) is 0 Å². The summed E-state index contributed by atoms with van der Waals surface area (Å²) in [7, 11) is -5.17. The Bertz CT molecular complexity index is 161. The van der Waals surface area contributed by atoms with E-state index < -0.39 is 15.5 Å². The fourth-order valence-electron chi connectivity index (χ4n) is 0. The maximum absolute atomic E-state index is 8.52. The molecule has 0 saturated heterocycles. The molecule has 0 unspecified atom stereocenters. The van der Waals surface area contributed by atoms with Gasteiger partial charge in [0, 0.05) is 10.4 Å². The smallest absolute Gasteiger partial charge is 0.759 e. The molecule has 0 N–H and O–H groups in total. The summed E-state index contributed by atoms with van der Waals surface area (Å²) < 4.78 is 34.1. The van der Waals surface area contributed by atoms with Gasteiger partial charge in [0.25, 0.3) is 0 Å². The zero-order chi connectivity index (χ0) is 8.08. The second-order valence-electron chi connectivity index (χ2n) is 0.632. The Kier molecular flexibility index (Phi) is 21.3. The summed E-state index contributed by atoms with van der Waals surface area (Å²) in [6, 6.07) is 0. The van der Waals surface area contributed by atoms with Crippen molar-refractivity contribution in [2.24, 2.45) is 0 Å². The molecule has 0 aliphatic rings. The monoisotopic (exact) mass is 305 g/mol. The SMILES string of the molecule is O=S(=O)([O-])[O-].O=[N+]([O-])[O-].[Al+3].[Sn+4]. The Balaban J connectivity index is -0.0000000383. The van der Waals surface area contributed by atoms with Gasteiger partial charge in [0.1, 0.15) is 0 Å². The van der Waals surface area contributed by atoms with E-state index in [0.29, 0.717) is 0 Å². The Morgan fingerprint density at radius 2 is 1.09 bits per heavy atom. The number of nitrogens with zero attached hydrogens (tertiary/aromatic N) is 1. The minimum atomic E-state index is -5.17. The molecular weight excluding hydrogens is 304 g/mol. The van der Waals surface area contributed by atoms with Crippen LogP contribution in [-0.2, 0) is 10.4 Å². The van der Waals surface area contributed by atoms with Gasteiger partial charge in [0.05, 0.1) is 5.09 Å². The maximum atomic E-state index is 8.52. The first-order valence-electron chi connectivity index (χ1n) is 1.21. The molecule has 0 radical (unpaired) electrons. The third-order valence-electron chi connectivity index (χ3n) is 0. The van der Waals surface area contributed by atoms with Gasteiger partial charge in [0.2, 0.25) is 0 Å². The molecule has 0 bridgehead atoms. The molecule has 0 amide bonds. The molecule has 0 aromatic carbocycles. The van der Waals surface area contributed by atoms with Gasteiger partial charge in [-0.2, -0.15) is 0 Å². The molecule has 0 rings (SSSR count). The summed E-state index contributed by atoms with van der Waals surface area (Å²) in [6.07, 6.45) is 0. The second-order valence-corrected chi connectivity index (χ2v) is 1.45. The molecule has 0 aliphatic heterocycles. The molecule has 56 valence electrons. The van der Waals surface area contributed by atoms with Crippen molar-refractivity contribution < 1.29 is 22.6 Å². The number of hydrogen-bond acceptors (Lipinski definition) is 7. The molecule has 0 spiro atoms. The van der Waals surface area contributed by atoms with Crippen molar-refractivity contribution in [3.8, 4) is 0 Å². The van der Waals surface area contributed by atoms with E-state index in [-0.39, 0.29) is 41.3 Å². The molecule has 0 aromatic rings. The molecule has 0 heterocycles. The van der Waals surface area contributed by atoms with Crippen LogP contribution in [0, 0.1) is 15.3 Å². The topological polar surface area (TPSA) is 146 Å². The van der Waals surface area contributed by atoms with Gasteiger partial charge in [-0.05, 0) is 0 Å². The molecule has 0 fully saturated rings. The Hall–Kier alpha value is 0.401. The Labute approximate surface area is 89.4 Å². The van der Waals surface area contributed by atoms with E-state index in [1.165, 1.54) is 0 Å². The third-order valence-corrected chi connectivity index (χ3v) is 0. The summed E-state index contributed by atoms with van der Waals surface area (Å²) in [6.45, 7) is 0. The zero-order valence-electron chi connectivity index (χ0n) is 4.79. The first kappa shape index (κ1) is 22.5. The summed E-state index contributed by atoms with van der Waals surface area (Å²) in [4.78, 5) is 8.25. The van der Waals surface area contributed by atoms with Crippen LogP contribution in [0.3, 0.4) is 0 Å². The van der Waals surface area contributed by atoms with Crippen molar-refractivity contribution in [3.05, 3.63) is 15.3 Å². The van der Waals surface area contributed by atoms with Crippen LogP contribution < -0.4 is 0 Å². The van der Waals surface area contributed by atoms with Gasteiger partial charge < -0.3 is 24.4 Å². The number of hydrogen-bond donors (Lipinski definition) is 0. The van der Waals surface area contributed by atoms with Crippen LogP contribution in [0.15, 0.2) is 0 Å². The van der Waals surface area contributed by atoms with E-state index in [2.05, 4.69) is 0 Å². The van der Waals surface area contributed by atoms with Crippen LogP contribution in [-0.4, -0.2) is 63.9 Å². The fraction of sp³-hybridized carbons (Fsp3) is 0. The van der Waals surface area contributed by atoms with Crippen LogP contribution in [0.4, 0.5) is 0 Å². The largest absolute Gasteiger partial charge is 4.00 e. The molecule has 11 heteroatoms. The van der Waals surface area contributed by atoms with Crippen molar-refractivity contribution in [2.75, 3.05) is 0 Å². The first-order valence-corrected chi connectivity index (χ1v) is 2.55. The maximum Gasteiger partial charge on any atom is 4.00 e. The average molecular weight is 304 g/mol. The molecule has 0 atom stereocenters. The van der Waals surface area contributed by atoms with E-state index >= 15 is 0 Å². The molecule has 8 nitrogen and oxygen atoms in total. The summed E-state index contributed by atoms with van der Waals surface area (Å²) in [5, 5.41) is 14.8. The molecule has 0 aromatic heterocycles. The Morgan fingerprint density at radius 3 is 1.09 bits per heavy atom. The van der Waals surface area contributed by atoms with Gasteiger partial charge in [-0.3, -0.25) is 8.42 Å². The summed E-state index contributed by atoms with van der Waals surface area (Å²) >= 11 is 0. The van der Waals surface area contributed by atoms with E-state index in [0.717, 1.165) is 0 Å². The first-order chi connectivity index (χ1) is 3.73. The summed E-state index contributed by atoms with van der Waals surface area (Å²) in [5.74, 6) is 0. The van der Waals surface area contributed by atoms with E-state index in [1.54, 1.807) is 0 Å². The molecular formula is AlNO7SSn+4. The predicted octanol–water partition coefficient (Wildman–Crippen LogP) is -2.34. The Morgan fingerprint density at radius 1 is 1.09 bits per heavy atom. The van der Waals surface area contributed by atoms with Crippen molar-refractivity contribution in [2.45, 2.75) is 0 Å². The number of rotatable bonds is 0. The quantitative estimate of drug-likeness (QED) is 0.160. The zero-order valence-corrected chi connectivity index (χ0v) is 9.62. The third kappa shape index (κ3) is 4560. The van der Waals surface area contributed by atoms with Gasteiger partial charge >= 0.3 is 41.3 Å². The van der Waals surface area contributed by atoms with Crippen LogP contribution in [0.1, 0.15) is 0 Å². The summed E-state index contributed by atoms with van der Waals surface area (Å²) in [5.41, 5.74) is 0. The van der Waals surface area contributed by atoms with Crippen LogP contribution >= 0.6 is 0 Å². The van der Waals surface area contributed by atoms with Crippen LogP contribution in [0.5, 0.6) is 0 Å². The standard InChI is InChI=1S/Al.NO3.H2O4S.Sn/c;2-1(3)4;1-5(2,3)4;/h;;(H2,1,2,3,4);/q+3;-1;;+4/p-2. The predicted molar refractivity (Wildman–Crippen MR) is 32.3 cm³/mol. The van der Waals surface area contributed by atoms with Crippen molar-refractivity contribution in [1.29, 1.82) is 0 Å². The van der Waals surface area contributed by atoms with E-state index in [4.69, 9.17) is 32.8 Å². The molecule has 0 saturated carbocycles. The van der Waals surface area contributed by atoms with Crippen LogP contribution in [0.25, 0.3) is 0 Å². The van der Waals surface area contributed by atoms with Gasteiger partial charge in [0.15, 0.2) is 0 Å². The minimum absolute atomic E-state index is 0. The van der Waals surface area contributed by atoms with Gasteiger partial charge in [-0.25, -0.2) is 0 Å². The second kappa shape index (κ2) is 10.4. The minimum Gasteiger partial charge on any atom is -0.759 e. The van der Waals surface area contributed by atoms with Crippen molar-refractivity contribution in [1.82, 2.24) is 0 Å². The van der Waals surface area contributed by atoms with Crippen molar-refractivity contribution >= 4 is 51.7 Å².